The van der Waals surface area contributed by atoms with Gasteiger partial charge in [0.05, 0.1) is 16.0 Å². The number of hydrogen-bond acceptors (Lipinski definition) is 9. The summed E-state index contributed by atoms with van der Waals surface area (Å²) in [4.78, 5) is 9.27. The van der Waals surface area contributed by atoms with E-state index >= 15 is 0 Å². The van der Waals surface area contributed by atoms with Crippen LogP contribution in [0.15, 0.2) is 38.1 Å². The van der Waals surface area contributed by atoms with E-state index < -0.39 is 0 Å². The SMILES string of the molecule is Cn1c(CSc2nc3ccccc3s2)nnc1Sc1nc(C2CC2)ns1. The molecule has 0 unspecified atom stereocenters. The topological polar surface area (TPSA) is 69.4 Å². The standard InChI is InChI=1S/C16H14N6S4/c1-22-12(8-23-15-17-10-4-2-3-5-11(10)24-15)19-20-14(22)25-16-18-13(21-26-16)9-6-7-9/h2-5,9H,6-8H2,1H3. The predicted molar refractivity (Wildman–Crippen MR) is 106 cm³/mol. The van der Waals surface area contributed by atoms with Crippen molar-refractivity contribution >= 4 is 56.6 Å². The number of hydrogen-bond donors (Lipinski definition) is 0. The Bertz CT molecular complexity index is 1030. The minimum Gasteiger partial charge on any atom is -0.308 e. The summed E-state index contributed by atoms with van der Waals surface area (Å²) in [6.07, 6.45) is 2.44. The third kappa shape index (κ3) is 3.38. The van der Waals surface area contributed by atoms with Crippen LogP contribution in [0, 0.1) is 0 Å². The summed E-state index contributed by atoms with van der Waals surface area (Å²) < 4.78 is 9.69. The summed E-state index contributed by atoms with van der Waals surface area (Å²) in [5, 5.41) is 9.51. The molecule has 0 bridgehead atoms. The zero-order valence-corrected chi connectivity index (χ0v) is 17.1. The minimum absolute atomic E-state index is 0.584. The van der Waals surface area contributed by atoms with Gasteiger partial charge in [-0.1, -0.05) is 23.9 Å². The normalized spacial score (nSPS) is 14.3. The third-order valence-corrected chi connectivity index (χ3v) is 8.05. The van der Waals surface area contributed by atoms with Crippen LogP contribution in [0.5, 0.6) is 0 Å². The molecule has 1 aliphatic carbocycles. The first-order valence-corrected chi connectivity index (χ1v) is 11.5. The summed E-state index contributed by atoms with van der Waals surface area (Å²) in [6, 6.07) is 8.21. The lowest BCUT2D eigenvalue weighted by Gasteiger charge is -2.00. The predicted octanol–water partition coefficient (Wildman–Crippen LogP) is 4.60. The molecular weight excluding hydrogens is 404 g/mol. The van der Waals surface area contributed by atoms with E-state index in [0.29, 0.717) is 5.92 Å². The average molecular weight is 419 g/mol. The molecule has 26 heavy (non-hydrogen) atoms. The summed E-state index contributed by atoms with van der Waals surface area (Å²) in [5.41, 5.74) is 1.05. The first-order chi connectivity index (χ1) is 12.8. The lowest BCUT2D eigenvalue weighted by Crippen LogP contribution is -1.97. The first kappa shape index (κ1) is 16.7. The Morgan fingerprint density at radius 1 is 1.15 bits per heavy atom. The number of para-hydroxylation sites is 1. The van der Waals surface area contributed by atoms with Gasteiger partial charge in [-0.3, -0.25) is 0 Å². The molecule has 0 aliphatic heterocycles. The Labute approximate surface area is 166 Å². The van der Waals surface area contributed by atoms with Crippen molar-refractivity contribution in [1.82, 2.24) is 29.1 Å². The van der Waals surface area contributed by atoms with Crippen LogP contribution in [-0.2, 0) is 12.8 Å². The highest BCUT2D eigenvalue weighted by Gasteiger charge is 2.28. The Kier molecular flexibility index (Phi) is 4.43. The van der Waals surface area contributed by atoms with Gasteiger partial charge in [-0.15, -0.1) is 21.5 Å². The Balaban J connectivity index is 1.27. The lowest BCUT2D eigenvalue weighted by atomic mass is 10.3. The van der Waals surface area contributed by atoms with Crippen LogP contribution in [0.4, 0.5) is 0 Å². The maximum atomic E-state index is 4.66. The van der Waals surface area contributed by atoms with Crippen molar-refractivity contribution in [3.63, 3.8) is 0 Å². The molecule has 132 valence electrons. The second-order valence-electron chi connectivity index (χ2n) is 5.99. The summed E-state index contributed by atoms with van der Waals surface area (Å²) in [6.45, 7) is 0. The van der Waals surface area contributed by atoms with E-state index in [-0.39, 0.29) is 0 Å². The molecule has 5 rings (SSSR count). The molecule has 10 heteroatoms. The lowest BCUT2D eigenvalue weighted by molar-refractivity contribution is 0.761. The van der Waals surface area contributed by atoms with Crippen LogP contribution >= 0.6 is 46.4 Å². The summed E-state index contributed by atoms with van der Waals surface area (Å²) >= 11 is 6.40. The molecule has 0 amide bonds. The zero-order chi connectivity index (χ0) is 17.5. The molecule has 0 spiro atoms. The van der Waals surface area contributed by atoms with Gasteiger partial charge in [0.25, 0.3) is 0 Å². The fourth-order valence-electron chi connectivity index (χ4n) is 2.45. The second-order valence-corrected chi connectivity index (χ2v) is 10.2. The van der Waals surface area contributed by atoms with Crippen molar-refractivity contribution in [1.29, 1.82) is 0 Å². The molecule has 6 nitrogen and oxygen atoms in total. The van der Waals surface area contributed by atoms with Crippen molar-refractivity contribution in [2.45, 2.75) is 38.3 Å². The maximum absolute atomic E-state index is 4.66. The van der Waals surface area contributed by atoms with Crippen LogP contribution < -0.4 is 0 Å². The molecule has 3 aromatic heterocycles. The number of benzene rings is 1. The van der Waals surface area contributed by atoms with Crippen LogP contribution in [0.3, 0.4) is 0 Å². The molecule has 0 atom stereocenters. The summed E-state index contributed by atoms with van der Waals surface area (Å²) in [5.74, 6) is 3.25. The van der Waals surface area contributed by atoms with Gasteiger partial charge in [0.2, 0.25) is 0 Å². The molecule has 1 aromatic carbocycles. The Morgan fingerprint density at radius 3 is 2.88 bits per heavy atom. The van der Waals surface area contributed by atoms with Crippen molar-refractivity contribution in [3.8, 4) is 0 Å². The van der Waals surface area contributed by atoms with Crippen molar-refractivity contribution < 1.29 is 0 Å². The molecule has 0 N–H and O–H groups in total. The van der Waals surface area contributed by atoms with Crippen LogP contribution in [0.1, 0.15) is 30.4 Å². The highest BCUT2D eigenvalue weighted by Crippen LogP contribution is 2.40. The first-order valence-electron chi connectivity index (χ1n) is 8.14. The minimum atomic E-state index is 0.584. The van der Waals surface area contributed by atoms with Gasteiger partial charge in [-0.25, -0.2) is 9.97 Å². The van der Waals surface area contributed by atoms with Crippen LogP contribution in [0.2, 0.25) is 0 Å². The average Bonchev–Trinajstić information content (AvgIpc) is 3.10. The summed E-state index contributed by atoms with van der Waals surface area (Å²) in [7, 11) is 2.00. The van der Waals surface area contributed by atoms with Crippen molar-refractivity contribution in [2.75, 3.05) is 0 Å². The van der Waals surface area contributed by atoms with Crippen molar-refractivity contribution in [3.05, 3.63) is 35.9 Å². The van der Waals surface area contributed by atoms with Crippen molar-refractivity contribution in [2.24, 2.45) is 7.05 Å². The van der Waals surface area contributed by atoms with E-state index in [4.69, 9.17) is 0 Å². The molecule has 4 aromatic rings. The molecule has 0 saturated heterocycles. The van der Waals surface area contributed by atoms with Crippen LogP contribution in [0.25, 0.3) is 10.2 Å². The Hall–Kier alpha value is -1.49. The quantitative estimate of drug-likeness (QED) is 0.424. The highest BCUT2D eigenvalue weighted by atomic mass is 32.2. The highest BCUT2D eigenvalue weighted by molar-refractivity contribution is 8.01. The molecule has 1 aliphatic rings. The smallest absolute Gasteiger partial charge is 0.198 e. The van der Waals surface area contributed by atoms with Gasteiger partial charge in [0, 0.05) is 13.0 Å². The van der Waals surface area contributed by atoms with E-state index in [0.717, 1.165) is 36.8 Å². The molecule has 0 radical (unpaired) electrons. The number of nitrogens with zero attached hydrogens (tertiary/aromatic N) is 6. The molecular formula is C16H14N6S4. The van der Waals surface area contributed by atoms with Gasteiger partial charge in [0.15, 0.2) is 13.8 Å². The van der Waals surface area contributed by atoms with E-state index in [1.807, 2.05) is 29.8 Å². The largest absolute Gasteiger partial charge is 0.308 e. The molecule has 1 fully saturated rings. The maximum Gasteiger partial charge on any atom is 0.198 e. The number of thiazole rings is 1. The number of fused-ring (bicyclic) bond motifs is 1. The number of rotatable bonds is 6. The zero-order valence-electron chi connectivity index (χ0n) is 13.8. The van der Waals surface area contributed by atoms with Gasteiger partial charge in [0.1, 0.15) is 11.6 Å². The molecule has 3 heterocycles. The van der Waals surface area contributed by atoms with E-state index in [1.54, 1.807) is 23.1 Å². The number of thioether (sulfide) groups is 1. The fraction of sp³-hybridized carbons (Fsp3) is 0.312. The second kappa shape index (κ2) is 6.91. The van der Waals surface area contributed by atoms with Gasteiger partial charge < -0.3 is 4.57 Å². The monoisotopic (exact) mass is 418 g/mol. The fourth-order valence-corrected chi connectivity index (χ4v) is 6.09. The third-order valence-electron chi connectivity index (χ3n) is 4.07. The number of aromatic nitrogens is 6. The van der Waals surface area contributed by atoms with Gasteiger partial charge in [-0.2, -0.15) is 4.37 Å². The molecule has 1 saturated carbocycles. The van der Waals surface area contributed by atoms with Gasteiger partial charge >= 0.3 is 0 Å². The van der Waals surface area contributed by atoms with E-state index in [2.05, 4.69) is 30.6 Å². The van der Waals surface area contributed by atoms with Crippen LogP contribution in [-0.4, -0.2) is 29.1 Å². The van der Waals surface area contributed by atoms with Gasteiger partial charge in [-0.05, 0) is 48.3 Å². The van der Waals surface area contributed by atoms with E-state index in [9.17, 15) is 0 Å². The van der Waals surface area contributed by atoms with E-state index in [1.165, 1.54) is 40.8 Å². The Morgan fingerprint density at radius 2 is 2.04 bits per heavy atom.